The van der Waals surface area contributed by atoms with Crippen molar-refractivity contribution in [1.29, 1.82) is 0 Å². The summed E-state index contributed by atoms with van der Waals surface area (Å²) in [4.78, 5) is 72.8. The number of phosphoric acid groups is 2. The van der Waals surface area contributed by atoms with Crippen LogP contribution in [0.15, 0.2) is 0 Å². The Morgan fingerprint density at radius 3 is 0.747 bits per heavy atom. The van der Waals surface area contributed by atoms with E-state index in [1.54, 1.807) is 0 Å². The van der Waals surface area contributed by atoms with Gasteiger partial charge in [-0.3, -0.25) is 37.3 Å². The van der Waals surface area contributed by atoms with Crippen molar-refractivity contribution < 1.29 is 80.2 Å². The van der Waals surface area contributed by atoms with Crippen LogP contribution < -0.4 is 0 Å². The molecule has 0 saturated carbocycles. The molecule has 564 valence electrons. The van der Waals surface area contributed by atoms with Gasteiger partial charge in [0.1, 0.15) is 19.3 Å². The molecule has 3 N–H and O–H groups in total. The zero-order chi connectivity index (χ0) is 70.3. The lowest BCUT2D eigenvalue weighted by Crippen LogP contribution is -2.30. The Morgan fingerprint density at radius 1 is 0.295 bits per heavy atom. The Bertz CT molecular complexity index is 1870. The summed E-state index contributed by atoms with van der Waals surface area (Å²) in [6.07, 6.45) is 50.0. The summed E-state index contributed by atoms with van der Waals surface area (Å²) in [6.45, 7) is 14.2. The van der Waals surface area contributed by atoms with Crippen LogP contribution in [0.3, 0.4) is 0 Å². The molecule has 0 aromatic rings. The number of hydrogen-bond donors (Lipinski definition) is 3. The summed E-state index contributed by atoms with van der Waals surface area (Å²) in [5, 5.41) is 10.6. The zero-order valence-electron chi connectivity index (χ0n) is 62.3. The summed E-state index contributed by atoms with van der Waals surface area (Å²) in [5.41, 5.74) is 0. The minimum Gasteiger partial charge on any atom is -0.462 e. The monoisotopic (exact) mass is 1400 g/mol. The molecule has 0 radical (unpaired) electrons. The lowest BCUT2D eigenvalue weighted by atomic mass is 9.99. The van der Waals surface area contributed by atoms with E-state index in [4.69, 9.17) is 37.0 Å². The molecule has 19 heteroatoms. The molecule has 0 aliphatic heterocycles. The van der Waals surface area contributed by atoms with E-state index >= 15 is 0 Å². The molecule has 0 rings (SSSR count). The second-order valence-electron chi connectivity index (χ2n) is 28.8. The van der Waals surface area contributed by atoms with Gasteiger partial charge in [-0.1, -0.05) is 331 Å². The molecule has 0 saturated heterocycles. The molecule has 0 bridgehead atoms. The van der Waals surface area contributed by atoms with E-state index in [1.165, 1.54) is 180 Å². The fourth-order valence-corrected chi connectivity index (χ4v) is 13.1. The van der Waals surface area contributed by atoms with E-state index in [9.17, 15) is 43.2 Å². The molecule has 0 heterocycles. The van der Waals surface area contributed by atoms with Crippen molar-refractivity contribution in [2.45, 2.75) is 401 Å². The molecule has 0 aromatic heterocycles. The number of phosphoric ester groups is 2. The molecule has 0 aliphatic carbocycles. The molecule has 95 heavy (non-hydrogen) atoms. The van der Waals surface area contributed by atoms with E-state index in [1.807, 2.05) is 0 Å². The Labute approximate surface area is 581 Å². The highest BCUT2D eigenvalue weighted by Gasteiger charge is 2.30. The van der Waals surface area contributed by atoms with Gasteiger partial charge in [0.05, 0.1) is 26.4 Å². The number of carbonyl (C=O) groups is 4. The van der Waals surface area contributed by atoms with Crippen LogP contribution in [0.4, 0.5) is 0 Å². The van der Waals surface area contributed by atoms with Crippen LogP contribution >= 0.6 is 15.6 Å². The first kappa shape index (κ1) is 93.1. The average Bonchev–Trinajstić information content (AvgIpc) is 2.73. The van der Waals surface area contributed by atoms with Gasteiger partial charge in [-0.25, -0.2) is 9.13 Å². The van der Waals surface area contributed by atoms with Crippen LogP contribution in [-0.4, -0.2) is 96.7 Å². The van der Waals surface area contributed by atoms with Gasteiger partial charge in [-0.2, -0.15) is 0 Å². The van der Waals surface area contributed by atoms with Crippen molar-refractivity contribution in [2.75, 3.05) is 39.6 Å². The van der Waals surface area contributed by atoms with Crippen LogP contribution in [0.1, 0.15) is 383 Å². The number of unbranched alkanes of at least 4 members (excludes halogenated alkanes) is 37. The predicted octanol–water partition coefficient (Wildman–Crippen LogP) is 22.0. The van der Waals surface area contributed by atoms with Crippen molar-refractivity contribution in [2.24, 2.45) is 23.7 Å². The lowest BCUT2D eigenvalue weighted by Gasteiger charge is -2.21. The van der Waals surface area contributed by atoms with Crippen molar-refractivity contribution in [3.05, 3.63) is 0 Å². The number of hydrogen-bond acceptors (Lipinski definition) is 15. The normalized spacial score (nSPS) is 14.7. The second-order valence-corrected chi connectivity index (χ2v) is 31.7. The van der Waals surface area contributed by atoms with Gasteiger partial charge in [0, 0.05) is 25.7 Å². The maximum absolute atomic E-state index is 13.1. The fourth-order valence-electron chi connectivity index (χ4n) is 11.5. The maximum Gasteiger partial charge on any atom is 0.472 e. The van der Waals surface area contributed by atoms with E-state index < -0.39 is 97.5 Å². The van der Waals surface area contributed by atoms with Crippen LogP contribution in [0, 0.1) is 23.7 Å². The van der Waals surface area contributed by atoms with E-state index in [0.717, 1.165) is 114 Å². The molecule has 0 fully saturated rings. The van der Waals surface area contributed by atoms with Gasteiger partial charge < -0.3 is 33.8 Å². The first-order chi connectivity index (χ1) is 45.7. The highest BCUT2D eigenvalue weighted by atomic mass is 31.2. The van der Waals surface area contributed by atoms with Crippen molar-refractivity contribution in [3.8, 4) is 0 Å². The van der Waals surface area contributed by atoms with Crippen LogP contribution in [0.25, 0.3) is 0 Å². The maximum atomic E-state index is 13.1. The third-order valence-electron chi connectivity index (χ3n) is 18.3. The van der Waals surface area contributed by atoms with Gasteiger partial charge in [0.2, 0.25) is 0 Å². The van der Waals surface area contributed by atoms with Gasteiger partial charge in [0.15, 0.2) is 12.2 Å². The Kier molecular flexibility index (Phi) is 64.0. The number of rotatable bonds is 73. The van der Waals surface area contributed by atoms with Crippen molar-refractivity contribution >= 4 is 39.5 Å². The van der Waals surface area contributed by atoms with Crippen molar-refractivity contribution in [3.63, 3.8) is 0 Å². The van der Waals surface area contributed by atoms with Gasteiger partial charge in [-0.15, -0.1) is 0 Å². The first-order valence-corrected chi connectivity index (χ1v) is 42.3. The minimum absolute atomic E-state index is 0.104. The smallest absolute Gasteiger partial charge is 0.462 e. The van der Waals surface area contributed by atoms with E-state index in [0.29, 0.717) is 31.6 Å². The third-order valence-corrected chi connectivity index (χ3v) is 20.2. The Morgan fingerprint density at radius 2 is 0.505 bits per heavy atom. The minimum atomic E-state index is -4.96. The van der Waals surface area contributed by atoms with Crippen LogP contribution in [0.5, 0.6) is 0 Å². The quantitative estimate of drug-likeness (QED) is 0.0222. The molecule has 0 aromatic carbocycles. The Hall–Kier alpha value is -1.94. The predicted molar refractivity (Wildman–Crippen MR) is 386 cm³/mol. The zero-order valence-corrected chi connectivity index (χ0v) is 64.1. The van der Waals surface area contributed by atoms with Crippen LogP contribution in [-0.2, 0) is 65.4 Å². The molecule has 4 unspecified atom stereocenters. The summed E-state index contributed by atoms with van der Waals surface area (Å²) in [6, 6.07) is 0. The number of aliphatic hydroxyl groups excluding tert-OH is 1. The lowest BCUT2D eigenvalue weighted by molar-refractivity contribution is -0.161. The number of ether oxygens (including phenoxy) is 4. The number of aliphatic hydroxyl groups is 1. The second kappa shape index (κ2) is 65.4. The van der Waals surface area contributed by atoms with Gasteiger partial charge in [-0.05, 0) is 49.4 Å². The first-order valence-electron chi connectivity index (χ1n) is 39.3. The summed E-state index contributed by atoms with van der Waals surface area (Å²) < 4.78 is 68.5. The molecule has 0 spiro atoms. The summed E-state index contributed by atoms with van der Waals surface area (Å²) >= 11 is 0. The van der Waals surface area contributed by atoms with Gasteiger partial charge in [0.25, 0.3) is 0 Å². The average molecular weight is 1400 g/mol. The Balaban J connectivity index is 5.24. The highest BCUT2D eigenvalue weighted by molar-refractivity contribution is 7.47. The van der Waals surface area contributed by atoms with Crippen LogP contribution in [0.2, 0.25) is 0 Å². The number of carbonyl (C=O) groups excluding carboxylic acids is 4. The summed E-state index contributed by atoms with van der Waals surface area (Å²) in [7, 11) is -9.91. The van der Waals surface area contributed by atoms with Crippen molar-refractivity contribution in [1.82, 2.24) is 0 Å². The highest BCUT2D eigenvalue weighted by Crippen LogP contribution is 2.45. The molecule has 0 aliphatic rings. The SMILES string of the molecule is CCC(C)CCCCCCCCCCCCCCCCC(=O)O[C@H](COC(=O)CCCCCCCCCCCCCCCC(C)C)COP(=O)(O)OC[C@@H](O)COP(=O)(O)OC[C@@H](COC(=O)CCCCCCCCC(C)C)OC(=O)CCCCCCCCCCC(C)CC. The largest absolute Gasteiger partial charge is 0.472 e. The van der Waals surface area contributed by atoms with E-state index in [2.05, 4.69) is 55.4 Å². The molecule has 17 nitrogen and oxygen atoms in total. The molecule has 7 atom stereocenters. The molecular weight excluding hydrogens is 1250 g/mol. The molecule has 0 amide bonds. The molecular formula is C76H148O17P2. The van der Waals surface area contributed by atoms with Gasteiger partial charge >= 0.3 is 39.5 Å². The third kappa shape index (κ3) is 67.6. The standard InChI is InChI=1S/C76H148O17P2/c1-9-68(7)54-46-38-29-23-19-15-11-12-16-21-25-32-42-50-58-75(80)92-71(62-86-73(78)56-48-40-31-24-20-17-13-14-18-22-28-36-44-52-66(3)4)64-90-94(82,83)88-60-70(77)61-89-95(84,85)91-65-72(63-87-74(79)57-49-41-35-34-37-45-53-67(5)6)93-76(81)59-51-43-33-27-26-30-39-47-55-69(8)10-2/h66-72,77H,9-65H2,1-8H3,(H,82,83)(H,84,85)/t68?,69?,70-,71-,72-/m1/s1. The summed E-state index contributed by atoms with van der Waals surface area (Å²) in [5.74, 6) is 0.962. The number of esters is 4. The van der Waals surface area contributed by atoms with E-state index in [-0.39, 0.29) is 25.7 Å². The fraction of sp³-hybridized carbons (Fsp3) is 0.947. The topological polar surface area (TPSA) is 237 Å².